The average Bonchev–Trinajstić information content (AvgIpc) is 2.91. The predicted octanol–water partition coefficient (Wildman–Crippen LogP) is 4.07. The van der Waals surface area contributed by atoms with E-state index in [4.69, 9.17) is 11.6 Å². The maximum atomic E-state index is 11.9. The molecule has 4 heteroatoms. The van der Waals surface area contributed by atoms with Gasteiger partial charge in [0.25, 0.3) is 0 Å². The van der Waals surface area contributed by atoms with Gasteiger partial charge in [0, 0.05) is 29.6 Å². The highest BCUT2D eigenvalue weighted by Gasteiger charge is 2.05. The topological polar surface area (TPSA) is 20.3 Å². The van der Waals surface area contributed by atoms with E-state index >= 15 is 0 Å². The molecule has 0 aliphatic rings. The normalized spacial score (nSPS) is 10.8. The Balaban J connectivity index is 1.94. The molecular formula is C15H14ClNOS. The minimum absolute atomic E-state index is 0.0108. The Morgan fingerprint density at radius 3 is 2.68 bits per heavy atom. The molecule has 2 aromatic rings. The fourth-order valence-electron chi connectivity index (χ4n) is 1.61. The van der Waals surface area contributed by atoms with E-state index in [1.165, 1.54) is 0 Å². The van der Waals surface area contributed by atoms with Gasteiger partial charge in [0.05, 0.1) is 0 Å². The zero-order chi connectivity index (χ0) is 13.7. The molecule has 98 valence electrons. The van der Waals surface area contributed by atoms with Crippen LogP contribution in [0.3, 0.4) is 0 Å². The molecule has 1 heterocycles. The van der Waals surface area contributed by atoms with Crippen LogP contribution in [0.2, 0.25) is 5.02 Å². The third kappa shape index (κ3) is 4.23. The zero-order valence-electron chi connectivity index (χ0n) is 10.5. The van der Waals surface area contributed by atoms with E-state index in [2.05, 4.69) is 0 Å². The first-order valence-corrected chi connectivity index (χ1v) is 7.12. The molecule has 2 rings (SSSR count). The second-order valence-electron chi connectivity index (χ2n) is 4.17. The van der Waals surface area contributed by atoms with E-state index in [0.717, 1.165) is 10.4 Å². The number of hydrogen-bond acceptors (Lipinski definition) is 2. The Morgan fingerprint density at radius 2 is 2.05 bits per heavy atom. The Morgan fingerprint density at radius 1 is 1.32 bits per heavy atom. The average molecular weight is 292 g/mol. The van der Waals surface area contributed by atoms with E-state index in [-0.39, 0.29) is 5.91 Å². The van der Waals surface area contributed by atoms with Crippen LogP contribution in [0.15, 0.2) is 47.9 Å². The number of hydrogen-bond donors (Lipinski definition) is 0. The van der Waals surface area contributed by atoms with Gasteiger partial charge in [0.2, 0.25) is 5.91 Å². The maximum absolute atomic E-state index is 11.9. The summed E-state index contributed by atoms with van der Waals surface area (Å²) in [6, 6.07) is 11.5. The molecule has 1 amide bonds. The molecule has 0 N–H and O–H groups in total. The Hall–Kier alpha value is -1.58. The molecule has 0 saturated heterocycles. The van der Waals surface area contributed by atoms with Crippen molar-refractivity contribution in [1.29, 1.82) is 0 Å². The monoisotopic (exact) mass is 291 g/mol. The summed E-state index contributed by atoms with van der Waals surface area (Å²) >= 11 is 7.44. The summed E-state index contributed by atoms with van der Waals surface area (Å²) in [5.41, 5.74) is 1.06. The molecule has 0 aliphatic carbocycles. The van der Waals surface area contributed by atoms with Crippen LogP contribution < -0.4 is 0 Å². The minimum Gasteiger partial charge on any atom is -0.338 e. The maximum Gasteiger partial charge on any atom is 0.246 e. The van der Waals surface area contributed by atoms with E-state index in [0.29, 0.717) is 11.6 Å². The molecule has 0 saturated carbocycles. The highest BCUT2D eigenvalue weighted by molar-refractivity contribution is 7.10. The number of halogens is 1. The number of amides is 1. The molecular weight excluding hydrogens is 278 g/mol. The summed E-state index contributed by atoms with van der Waals surface area (Å²) in [6.45, 7) is 0.574. The number of thiophene rings is 1. The van der Waals surface area contributed by atoms with Gasteiger partial charge < -0.3 is 4.90 Å². The number of nitrogens with zero attached hydrogens (tertiary/aromatic N) is 1. The van der Waals surface area contributed by atoms with Crippen molar-refractivity contribution in [2.24, 2.45) is 0 Å². The molecule has 0 radical (unpaired) electrons. The molecule has 0 aliphatic heterocycles. The lowest BCUT2D eigenvalue weighted by Crippen LogP contribution is -2.23. The third-order valence-electron chi connectivity index (χ3n) is 2.64. The molecule has 0 atom stereocenters. The van der Waals surface area contributed by atoms with Crippen LogP contribution in [0.1, 0.15) is 10.4 Å². The van der Waals surface area contributed by atoms with Gasteiger partial charge in [-0.05, 0) is 35.2 Å². The minimum atomic E-state index is -0.0108. The Kier molecular flexibility index (Phi) is 4.77. The number of carbonyl (C=O) groups excluding carboxylic acids is 1. The van der Waals surface area contributed by atoms with Crippen LogP contribution in [-0.2, 0) is 11.3 Å². The lowest BCUT2D eigenvalue weighted by atomic mass is 10.2. The third-order valence-corrected chi connectivity index (χ3v) is 3.73. The first-order chi connectivity index (χ1) is 9.15. The van der Waals surface area contributed by atoms with Crippen LogP contribution in [0.4, 0.5) is 0 Å². The Bertz CT molecular complexity index is 560. The summed E-state index contributed by atoms with van der Waals surface area (Å²) in [6.07, 6.45) is 3.44. The smallest absolute Gasteiger partial charge is 0.246 e. The molecule has 0 fully saturated rings. The van der Waals surface area contributed by atoms with Gasteiger partial charge in [-0.15, -0.1) is 11.3 Å². The van der Waals surface area contributed by atoms with Crippen LogP contribution >= 0.6 is 22.9 Å². The standard InChI is InChI=1S/C15H14ClNOS/c1-17(11-12-4-6-13(16)7-5-12)15(18)9-8-14-3-2-10-19-14/h2-10H,11H2,1H3/b9-8+. The zero-order valence-corrected chi connectivity index (χ0v) is 12.1. The molecule has 0 bridgehead atoms. The highest BCUT2D eigenvalue weighted by atomic mass is 35.5. The molecule has 0 unspecified atom stereocenters. The number of carbonyl (C=O) groups is 1. The van der Waals surface area contributed by atoms with Crippen molar-refractivity contribution >= 4 is 34.9 Å². The van der Waals surface area contributed by atoms with Crippen molar-refractivity contribution in [2.45, 2.75) is 6.54 Å². The van der Waals surface area contributed by atoms with Gasteiger partial charge in [-0.25, -0.2) is 0 Å². The summed E-state index contributed by atoms with van der Waals surface area (Å²) in [7, 11) is 1.79. The summed E-state index contributed by atoms with van der Waals surface area (Å²) < 4.78 is 0. The molecule has 0 spiro atoms. The van der Waals surface area contributed by atoms with Gasteiger partial charge in [-0.1, -0.05) is 29.8 Å². The van der Waals surface area contributed by atoms with Gasteiger partial charge in [0.1, 0.15) is 0 Å². The van der Waals surface area contributed by atoms with Crippen molar-refractivity contribution in [3.8, 4) is 0 Å². The van der Waals surface area contributed by atoms with Gasteiger partial charge in [0.15, 0.2) is 0 Å². The van der Waals surface area contributed by atoms with Crippen molar-refractivity contribution < 1.29 is 4.79 Å². The Labute approximate surface area is 121 Å². The predicted molar refractivity (Wildman–Crippen MR) is 81.3 cm³/mol. The number of rotatable bonds is 4. The van der Waals surface area contributed by atoms with Gasteiger partial charge >= 0.3 is 0 Å². The van der Waals surface area contributed by atoms with E-state index < -0.39 is 0 Å². The largest absolute Gasteiger partial charge is 0.338 e. The van der Waals surface area contributed by atoms with Crippen molar-refractivity contribution in [1.82, 2.24) is 4.90 Å². The summed E-state index contributed by atoms with van der Waals surface area (Å²) in [5.74, 6) is -0.0108. The van der Waals surface area contributed by atoms with Crippen LogP contribution in [0.25, 0.3) is 6.08 Å². The lowest BCUT2D eigenvalue weighted by molar-refractivity contribution is -0.125. The fourth-order valence-corrected chi connectivity index (χ4v) is 2.35. The van der Waals surface area contributed by atoms with Crippen LogP contribution in [0.5, 0.6) is 0 Å². The summed E-state index contributed by atoms with van der Waals surface area (Å²) in [4.78, 5) is 14.7. The molecule has 2 nitrogen and oxygen atoms in total. The lowest BCUT2D eigenvalue weighted by Gasteiger charge is -2.15. The van der Waals surface area contributed by atoms with E-state index in [1.54, 1.807) is 29.4 Å². The molecule has 19 heavy (non-hydrogen) atoms. The summed E-state index contributed by atoms with van der Waals surface area (Å²) in [5, 5.41) is 2.69. The number of likely N-dealkylation sites (N-methyl/N-ethyl adjacent to an activating group) is 1. The molecule has 1 aromatic heterocycles. The second-order valence-corrected chi connectivity index (χ2v) is 5.59. The SMILES string of the molecule is CN(Cc1ccc(Cl)cc1)C(=O)/C=C/c1cccs1. The van der Waals surface area contributed by atoms with Crippen molar-refractivity contribution in [3.05, 3.63) is 63.3 Å². The first kappa shape index (κ1) is 13.8. The van der Waals surface area contributed by atoms with Crippen molar-refractivity contribution in [3.63, 3.8) is 0 Å². The van der Waals surface area contributed by atoms with Crippen LogP contribution in [-0.4, -0.2) is 17.9 Å². The first-order valence-electron chi connectivity index (χ1n) is 5.86. The van der Waals surface area contributed by atoms with E-state index in [9.17, 15) is 4.79 Å². The highest BCUT2D eigenvalue weighted by Crippen LogP contribution is 2.12. The quantitative estimate of drug-likeness (QED) is 0.778. The van der Waals surface area contributed by atoms with Gasteiger partial charge in [-0.2, -0.15) is 0 Å². The fraction of sp³-hybridized carbons (Fsp3) is 0.133. The number of benzene rings is 1. The van der Waals surface area contributed by atoms with Gasteiger partial charge in [-0.3, -0.25) is 4.79 Å². The van der Waals surface area contributed by atoms with Crippen molar-refractivity contribution in [2.75, 3.05) is 7.05 Å². The second kappa shape index (κ2) is 6.55. The molecule has 1 aromatic carbocycles. The van der Waals surface area contributed by atoms with Crippen LogP contribution in [0, 0.1) is 0 Å². The van der Waals surface area contributed by atoms with E-state index in [1.807, 2.05) is 47.9 Å².